The summed E-state index contributed by atoms with van der Waals surface area (Å²) in [5, 5.41) is 9.59. The highest BCUT2D eigenvalue weighted by atomic mass is 32.1. The number of rotatable bonds is 7. The summed E-state index contributed by atoms with van der Waals surface area (Å²) >= 11 is 1.63. The molecule has 1 saturated carbocycles. The first kappa shape index (κ1) is 23.5. The SMILES string of the molecule is CC(C)n1ccc(-c2sc3nc(-c4nccn4C)nc(N[C@H]4CC[C@@H](C=O)C4)c3c2-c2ccccc2)n1. The first-order valence-corrected chi connectivity index (χ1v) is 13.5. The molecule has 1 N–H and O–H groups in total. The molecule has 8 nitrogen and oxygen atoms in total. The Hall–Kier alpha value is -3.85. The summed E-state index contributed by atoms with van der Waals surface area (Å²) in [6.07, 6.45) is 9.41. The van der Waals surface area contributed by atoms with Crippen molar-refractivity contribution in [3.8, 4) is 33.3 Å². The molecule has 4 heterocycles. The molecule has 1 aromatic carbocycles. The van der Waals surface area contributed by atoms with Crippen molar-refractivity contribution in [3.05, 3.63) is 55.0 Å². The number of hydrogen-bond acceptors (Lipinski definition) is 7. The third kappa shape index (κ3) is 4.33. The first-order valence-electron chi connectivity index (χ1n) is 12.7. The van der Waals surface area contributed by atoms with E-state index in [4.69, 9.17) is 15.1 Å². The van der Waals surface area contributed by atoms with E-state index in [9.17, 15) is 4.79 Å². The lowest BCUT2D eigenvalue weighted by Gasteiger charge is -2.16. The fourth-order valence-electron chi connectivity index (χ4n) is 5.06. The lowest BCUT2D eigenvalue weighted by atomic mass is 10.0. The van der Waals surface area contributed by atoms with Crippen LogP contribution >= 0.6 is 11.3 Å². The molecular weight excluding hydrogens is 482 g/mol. The van der Waals surface area contributed by atoms with E-state index < -0.39 is 0 Å². The van der Waals surface area contributed by atoms with Crippen LogP contribution in [0.2, 0.25) is 0 Å². The van der Waals surface area contributed by atoms with Crippen molar-refractivity contribution in [3.63, 3.8) is 0 Å². The molecule has 0 spiro atoms. The molecule has 0 amide bonds. The fourth-order valence-corrected chi connectivity index (χ4v) is 6.22. The molecular formula is C28H29N7OS. The summed E-state index contributed by atoms with van der Waals surface area (Å²) in [5.74, 6) is 2.16. The van der Waals surface area contributed by atoms with Crippen LogP contribution in [0.15, 0.2) is 55.0 Å². The van der Waals surface area contributed by atoms with Gasteiger partial charge in [-0.1, -0.05) is 30.3 Å². The van der Waals surface area contributed by atoms with Gasteiger partial charge in [-0.05, 0) is 44.7 Å². The van der Waals surface area contributed by atoms with Gasteiger partial charge in [0, 0.05) is 49.2 Å². The highest BCUT2D eigenvalue weighted by Gasteiger charge is 2.28. The average molecular weight is 512 g/mol. The van der Waals surface area contributed by atoms with Gasteiger partial charge in [-0.25, -0.2) is 15.0 Å². The normalized spacial score (nSPS) is 17.6. The van der Waals surface area contributed by atoms with Crippen molar-refractivity contribution in [2.45, 2.75) is 45.2 Å². The molecule has 2 atom stereocenters. The second kappa shape index (κ2) is 9.55. The zero-order valence-electron chi connectivity index (χ0n) is 21.1. The zero-order valence-corrected chi connectivity index (χ0v) is 21.9. The van der Waals surface area contributed by atoms with Gasteiger partial charge >= 0.3 is 0 Å². The number of hydrogen-bond donors (Lipinski definition) is 1. The highest BCUT2D eigenvalue weighted by Crippen LogP contribution is 2.47. The number of carbonyl (C=O) groups is 1. The maximum atomic E-state index is 11.4. The van der Waals surface area contributed by atoms with Gasteiger partial charge in [0.2, 0.25) is 0 Å². The van der Waals surface area contributed by atoms with Crippen molar-refractivity contribution < 1.29 is 4.79 Å². The lowest BCUT2D eigenvalue weighted by Crippen LogP contribution is -2.17. The van der Waals surface area contributed by atoms with Crippen LogP contribution < -0.4 is 5.32 Å². The van der Waals surface area contributed by atoms with Crippen LogP contribution in [0.25, 0.3) is 43.6 Å². The summed E-state index contributed by atoms with van der Waals surface area (Å²) in [7, 11) is 1.95. The zero-order chi connectivity index (χ0) is 25.5. The minimum absolute atomic E-state index is 0.0930. The van der Waals surface area contributed by atoms with Gasteiger partial charge in [0.15, 0.2) is 11.6 Å². The predicted molar refractivity (Wildman–Crippen MR) is 147 cm³/mol. The number of imidazole rings is 1. The van der Waals surface area contributed by atoms with E-state index in [-0.39, 0.29) is 18.0 Å². The number of nitrogens with zero attached hydrogens (tertiary/aromatic N) is 6. The molecule has 37 heavy (non-hydrogen) atoms. The monoisotopic (exact) mass is 511 g/mol. The number of fused-ring (bicyclic) bond motifs is 1. The van der Waals surface area contributed by atoms with Gasteiger partial charge in [0.25, 0.3) is 0 Å². The molecule has 0 aliphatic heterocycles. The van der Waals surface area contributed by atoms with Crippen molar-refractivity contribution in [1.29, 1.82) is 0 Å². The number of nitrogens with one attached hydrogen (secondary N) is 1. The summed E-state index contributed by atoms with van der Waals surface area (Å²) in [4.78, 5) is 27.9. The molecule has 0 bridgehead atoms. The Bertz CT molecular complexity index is 1570. The predicted octanol–water partition coefficient (Wildman–Crippen LogP) is 5.98. The Morgan fingerprint density at radius 3 is 2.62 bits per heavy atom. The highest BCUT2D eigenvalue weighted by molar-refractivity contribution is 7.22. The summed E-state index contributed by atoms with van der Waals surface area (Å²) in [5.41, 5.74) is 3.09. The van der Waals surface area contributed by atoms with Gasteiger partial charge < -0.3 is 14.7 Å². The summed E-state index contributed by atoms with van der Waals surface area (Å²) in [6, 6.07) is 12.9. The Morgan fingerprint density at radius 1 is 1.11 bits per heavy atom. The van der Waals surface area contributed by atoms with Crippen LogP contribution in [-0.2, 0) is 11.8 Å². The number of aryl methyl sites for hydroxylation is 1. The maximum Gasteiger partial charge on any atom is 0.199 e. The second-order valence-electron chi connectivity index (χ2n) is 9.94. The third-order valence-electron chi connectivity index (χ3n) is 7.01. The molecule has 9 heteroatoms. The molecule has 1 fully saturated rings. The molecule has 0 unspecified atom stereocenters. The van der Waals surface area contributed by atoms with Gasteiger partial charge in [-0.2, -0.15) is 5.10 Å². The maximum absolute atomic E-state index is 11.4. The first-order chi connectivity index (χ1) is 18.0. The average Bonchev–Trinajstić information content (AvgIpc) is 3.69. The van der Waals surface area contributed by atoms with Gasteiger partial charge in [0.05, 0.1) is 10.3 Å². The Balaban J connectivity index is 1.60. The molecule has 1 aliphatic rings. The van der Waals surface area contributed by atoms with Crippen LogP contribution in [-0.4, -0.2) is 41.6 Å². The lowest BCUT2D eigenvalue weighted by molar-refractivity contribution is -0.110. The van der Waals surface area contributed by atoms with Gasteiger partial charge in [-0.15, -0.1) is 11.3 Å². The topological polar surface area (TPSA) is 90.5 Å². The number of carbonyl (C=O) groups excluding carboxylic acids is 1. The molecule has 1 aliphatic carbocycles. The number of benzene rings is 1. The van der Waals surface area contributed by atoms with Crippen molar-refractivity contribution in [1.82, 2.24) is 29.3 Å². The van der Waals surface area contributed by atoms with Crippen molar-refractivity contribution in [2.75, 3.05) is 5.32 Å². The minimum atomic E-state index is 0.0930. The largest absolute Gasteiger partial charge is 0.367 e. The smallest absolute Gasteiger partial charge is 0.199 e. The molecule has 6 rings (SSSR count). The molecule has 4 aromatic heterocycles. The van der Waals surface area contributed by atoms with E-state index in [0.29, 0.717) is 11.6 Å². The van der Waals surface area contributed by atoms with Crippen molar-refractivity contribution in [2.24, 2.45) is 13.0 Å². The molecule has 0 saturated heterocycles. The van der Waals surface area contributed by atoms with E-state index in [2.05, 4.69) is 54.5 Å². The molecule has 188 valence electrons. The van der Waals surface area contributed by atoms with Crippen molar-refractivity contribution >= 4 is 33.7 Å². The summed E-state index contributed by atoms with van der Waals surface area (Å²) in [6.45, 7) is 4.25. The van der Waals surface area contributed by atoms with E-state index in [1.54, 1.807) is 17.5 Å². The number of aromatic nitrogens is 6. The number of aldehydes is 1. The fraction of sp³-hybridized carbons (Fsp3) is 0.321. The standard InChI is InChI=1S/C28H29N7OS/c1-17(2)35-13-11-21(33-35)24-22(19-7-5-4-6-8-19)23-25(30-20-10-9-18(15-20)16-36)31-26(32-28(23)37-24)27-29-12-14-34(27)3/h4-8,11-14,16-18,20H,9-10,15H2,1-3H3,(H,30,31,32)/t18-,20+/m1/s1. The molecule has 5 aromatic rings. The number of thiophene rings is 1. The van der Waals surface area contributed by atoms with E-state index in [0.717, 1.165) is 63.3 Å². The van der Waals surface area contributed by atoms with Crippen LogP contribution in [0.1, 0.15) is 39.2 Å². The third-order valence-corrected chi connectivity index (χ3v) is 8.12. The van der Waals surface area contributed by atoms with Crippen LogP contribution in [0.4, 0.5) is 5.82 Å². The Morgan fingerprint density at radius 2 is 1.95 bits per heavy atom. The summed E-state index contributed by atoms with van der Waals surface area (Å²) < 4.78 is 3.91. The minimum Gasteiger partial charge on any atom is -0.367 e. The quantitative estimate of drug-likeness (QED) is 0.270. The Kier molecular flexibility index (Phi) is 6.08. The Labute approximate surface area is 219 Å². The van der Waals surface area contributed by atoms with Gasteiger partial charge in [-0.3, -0.25) is 4.68 Å². The van der Waals surface area contributed by atoms with E-state index >= 15 is 0 Å². The van der Waals surface area contributed by atoms with E-state index in [1.807, 2.05) is 34.8 Å². The molecule has 0 radical (unpaired) electrons. The van der Waals surface area contributed by atoms with E-state index in [1.165, 1.54) is 0 Å². The van der Waals surface area contributed by atoms with Crippen LogP contribution in [0, 0.1) is 5.92 Å². The van der Waals surface area contributed by atoms with Gasteiger partial charge in [0.1, 0.15) is 22.6 Å². The van der Waals surface area contributed by atoms with Crippen LogP contribution in [0.5, 0.6) is 0 Å². The second-order valence-corrected chi connectivity index (χ2v) is 10.9. The van der Waals surface area contributed by atoms with Crippen LogP contribution in [0.3, 0.4) is 0 Å². The number of anilines is 1.